The minimum atomic E-state index is 0.465. The van der Waals surface area contributed by atoms with Gasteiger partial charge in [-0.25, -0.2) is 9.50 Å². The van der Waals surface area contributed by atoms with Crippen molar-refractivity contribution in [2.75, 3.05) is 0 Å². The van der Waals surface area contributed by atoms with Crippen LogP contribution in [0.25, 0.3) is 5.65 Å². The largest absolute Gasteiger partial charge is 0.232 e. The quantitative estimate of drug-likeness (QED) is 0.664. The van der Waals surface area contributed by atoms with Gasteiger partial charge in [0.1, 0.15) is 0 Å². The summed E-state index contributed by atoms with van der Waals surface area (Å²) in [6.07, 6.45) is 1.95. The Labute approximate surface area is 77.4 Å². The molecule has 0 fully saturated rings. The van der Waals surface area contributed by atoms with E-state index in [1.807, 2.05) is 29.8 Å². The van der Waals surface area contributed by atoms with E-state index < -0.39 is 0 Å². The third kappa shape index (κ3) is 1.41. The van der Waals surface area contributed by atoms with Crippen molar-refractivity contribution in [3.63, 3.8) is 0 Å². The molecule has 0 bridgehead atoms. The van der Waals surface area contributed by atoms with Crippen molar-refractivity contribution >= 4 is 5.65 Å². The maximum Gasteiger partial charge on any atom is 0.153 e. The molecular weight excluding hydrogens is 162 g/mol. The Balaban J connectivity index is 2.61. The third-order valence-electron chi connectivity index (χ3n) is 2.05. The predicted molar refractivity (Wildman–Crippen MR) is 51.8 cm³/mol. The standard InChI is InChI=1S/C10H13N3/c1-7(2)9-4-5-10-11-8(3)6-13(10)12-9/h4-7H,1-3H3. The van der Waals surface area contributed by atoms with Gasteiger partial charge in [-0.15, -0.1) is 0 Å². The highest BCUT2D eigenvalue weighted by Crippen LogP contribution is 2.11. The molecule has 0 N–H and O–H groups in total. The number of hydrogen-bond acceptors (Lipinski definition) is 2. The van der Waals surface area contributed by atoms with Gasteiger partial charge in [-0.05, 0) is 25.0 Å². The van der Waals surface area contributed by atoms with Gasteiger partial charge in [0.2, 0.25) is 0 Å². The molecule has 68 valence electrons. The first-order valence-electron chi connectivity index (χ1n) is 4.50. The van der Waals surface area contributed by atoms with E-state index in [2.05, 4.69) is 23.9 Å². The number of nitrogens with zero attached hydrogens (tertiary/aromatic N) is 3. The SMILES string of the molecule is Cc1cn2nc(C(C)C)ccc2n1. The van der Waals surface area contributed by atoms with E-state index in [0.717, 1.165) is 17.0 Å². The normalized spacial score (nSPS) is 11.4. The van der Waals surface area contributed by atoms with Crippen LogP contribution in [0, 0.1) is 6.92 Å². The van der Waals surface area contributed by atoms with E-state index in [1.54, 1.807) is 0 Å². The van der Waals surface area contributed by atoms with Crippen molar-refractivity contribution in [3.05, 3.63) is 29.7 Å². The number of aryl methyl sites for hydroxylation is 1. The minimum Gasteiger partial charge on any atom is -0.232 e. The zero-order valence-electron chi connectivity index (χ0n) is 8.15. The lowest BCUT2D eigenvalue weighted by Crippen LogP contribution is -1.98. The van der Waals surface area contributed by atoms with Gasteiger partial charge in [-0.1, -0.05) is 13.8 Å². The summed E-state index contributed by atoms with van der Waals surface area (Å²) >= 11 is 0. The topological polar surface area (TPSA) is 30.2 Å². The average molecular weight is 175 g/mol. The van der Waals surface area contributed by atoms with E-state index in [0.29, 0.717) is 5.92 Å². The minimum absolute atomic E-state index is 0.465. The predicted octanol–water partition coefficient (Wildman–Crippen LogP) is 2.16. The van der Waals surface area contributed by atoms with Crippen LogP contribution in [0.2, 0.25) is 0 Å². The molecule has 0 saturated carbocycles. The first kappa shape index (κ1) is 8.23. The van der Waals surface area contributed by atoms with Gasteiger partial charge < -0.3 is 0 Å². The highest BCUT2D eigenvalue weighted by Gasteiger charge is 2.03. The molecule has 0 aliphatic heterocycles. The fraction of sp³-hybridized carbons (Fsp3) is 0.400. The molecule has 2 aromatic heterocycles. The molecule has 2 aromatic rings. The van der Waals surface area contributed by atoms with Crippen molar-refractivity contribution in [3.8, 4) is 0 Å². The summed E-state index contributed by atoms with van der Waals surface area (Å²) in [5.41, 5.74) is 3.03. The number of imidazole rings is 1. The molecule has 0 unspecified atom stereocenters. The smallest absolute Gasteiger partial charge is 0.153 e. The summed E-state index contributed by atoms with van der Waals surface area (Å²) in [7, 11) is 0. The molecule has 0 amide bonds. The molecule has 2 rings (SSSR count). The van der Waals surface area contributed by atoms with E-state index in [4.69, 9.17) is 0 Å². The summed E-state index contributed by atoms with van der Waals surface area (Å²) < 4.78 is 1.84. The Bertz CT molecular complexity index is 429. The second kappa shape index (κ2) is 2.83. The summed E-state index contributed by atoms with van der Waals surface area (Å²) in [6.45, 7) is 6.25. The maximum absolute atomic E-state index is 4.45. The van der Waals surface area contributed by atoms with Crippen LogP contribution in [-0.4, -0.2) is 14.6 Å². The summed E-state index contributed by atoms with van der Waals surface area (Å²) in [6, 6.07) is 4.04. The van der Waals surface area contributed by atoms with E-state index in [-0.39, 0.29) is 0 Å². The molecule has 0 atom stereocenters. The zero-order chi connectivity index (χ0) is 9.42. The summed E-state index contributed by atoms with van der Waals surface area (Å²) in [4.78, 5) is 4.31. The highest BCUT2D eigenvalue weighted by molar-refractivity contribution is 5.38. The van der Waals surface area contributed by atoms with Gasteiger partial charge in [0, 0.05) is 0 Å². The van der Waals surface area contributed by atoms with Crippen LogP contribution in [0.4, 0.5) is 0 Å². The van der Waals surface area contributed by atoms with Gasteiger partial charge in [0.25, 0.3) is 0 Å². The molecule has 0 aliphatic carbocycles. The van der Waals surface area contributed by atoms with Crippen molar-refractivity contribution in [1.82, 2.24) is 14.6 Å². The van der Waals surface area contributed by atoms with Gasteiger partial charge in [0.05, 0.1) is 17.6 Å². The lowest BCUT2D eigenvalue weighted by Gasteiger charge is -2.02. The van der Waals surface area contributed by atoms with Crippen LogP contribution >= 0.6 is 0 Å². The Kier molecular flexibility index (Phi) is 1.79. The number of fused-ring (bicyclic) bond motifs is 1. The van der Waals surface area contributed by atoms with Crippen molar-refractivity contribution in [1.29, 1.82) is 0 Å². The average Bonchev–Trinajstić information content (AvgIpc) is 2.42. The van der Waals surface area contributed by atoms with Crippen LogP contribution in [0.5, 0.6) is 0 Å². The fourth-order valence-electron chi connectivity index (χ4n) is 1.32. The van der Waals surface area contributed by atoms with Crippen LogP contribution in [0.15, 0.2) is 18.3 Å². The monoisotopic (exact) mass is 175 g/mol. The number of hydrogen-bond donors (Lipinski definition) is 0. The van der Waals surface area contributed by atoms with Gasteiger partial charge in [-0.3, -0.25) is 0 Å². The van der Waals surface area contributed by atoms with Crippen LogP contribution < -0.4 is 0 Å². The summed E-state index contributed by atoms with van der Waals surface area (Å²) in [5.74, 6) is 0.465. The second-order valence-corrected chi connectivity index (χ2v) is 3.60. The van der Waals surface area contributed by atoms with Crippen LogP contribution in [0.1, 0.15) is 31.2 Å². The van der Waals surface area contributed by atoms with Gasteiger partial charge in [-0.2, -0.15) is 5.10 Å². The molecule has 13 heavy (non-hydrogen) atoms. The lowest BCUT2D eigenvalue weighted by atomic mass is 10.1. The van der Waals surface area contributed by atoms with E-state index in [1.165, 1.54) is 0 Å². The lowest BCUT2D eigenvalue weighted by molar-refractivity contribution is 0.763. The van der Waals surface area contributed by atoms with Crippen molar-refractivity contribution in [2.24, 2.45) is 0 Å². The summed E-state index contributed by atoms with van der Waals surface area (Å²) in [5, 5.41) is 4.45. The third-order valence-corrected chi connectivity index (χ3v) is 2.05. The fourth-order valence-corrected chi connectivity index (χ4v) is 1.32. The molecule has 0 aromatic carbocycles. The molecule has 0 saturated heterocycles. The molecule has 0 aliphatic rings. The number of rotatable bonds is 1. The van der Waals surface area contributed by atoms with Gasteiger partial charge >= 0.3 is 0 Å². The Hall–Kier alpha value is -1.38. The van der Waals surface area contributed by atoms with E-state index >= 15 is 0 Å². The number of aromatic nitrogens is 3. The Morgan fingerprint density at radius 1 is 1.31 bits per heavy atom. The Morgan fingerprint density at radius 3 is 2.77 bits per heavy atom. The first-order chi connectivity index (χ1) is 6.16. The van der Waals surface area contributed by atoms with Gasteiger partial charge in [0.15, 0.2) is 5.65 Å². The van der Waals surface area contributed by atoms with E-state index in [9.17, 15) is 0 Å². The maximum atomic E-state index is 4.45. The molecule has 3 heteroatoms. The Morgan fingerprint density at radius 2 is 2.08 bits per heavy atom. The second-order valence-electron chi connectivity index (χ2n) is 3.60. The molecule has 2 heterocycles. The van der Waals surface area contributed by atoms with Crippen LogP contribution in [-0.2, 0) is 0 Å². The van der Waals surface area contributed by atoms with Crippen LogP contribution in [0.3, 0.4) is 0 Å². The zero-order valence-corrected chi connectivity index (χ0v) is 8.15. The van der Waals surface area contributed by atoms with Crippen molar-refractivity contribution in [2.45, 2.75) is 26.7 Å². The molecule has 3 nitrogen and oxygen atoms in total. The molecular formula is C10H13N3. The first-order valence-corrected chi connectivity index (χ1v) is 4.50. The van der Waals surface area contributed by atoms with Crippen molar-refractivity contribution < 1.29 is 0 Å². The molecule has 0 radical (unpaired) electrons. The molecule has 0 spiro atoms. The highest BCUT2D eigenvalue weighted by atomic mass is 15.2.